The maximum absolute atomic E-state index is 11.7. The molecule has 0 fully saturated rings. The molecule has 18 heavy (non-hydrogen) atoms. The normalized spacial score (nSPS) is 16.9. The van der Waals surface area contributed by atoms with E-state index in [-0.39, 0.29) is 4.91 Å². The topological polar surface area (TPSA) is 86.5 Å². The van der Waals surface area contributed by atoms with Gasteiger partial charge in [0.15, 0.2) is 4.91 Å². The Morgan fingerprint density at radius 3 is 2.39 bits per heavy atom. The summed E-state index contributed by atoms with van der Waals surface area (Å²) >= 11 is 0. The van der Waals surface area contributed by atoms with Crippen molar-refractivity contribution in [1.29, 1.82) is 0 Å². The highest BCUT2D eigenvalue weighted by Gasteiger charge is 2.31. The predicted molar refractivity (Wildman–Crippen MR) is 67.9 cm³/mol. The Balaban J connectivity index is 2.62. The molecule has 0 saturated carbocycles. The van der Waals surface area contributed by atoms with Gasteiger partial charge in [-0.1, -0.05) is 12.1 Å². The number of methoxy groups -OCH3 is 1. The summed E-state index contributed by atoms with van der Waals surface area (Å²) in [5, 5.41) is 0.991. The maximum Gasteiger partial charge on any atom is 0.350 e. The molecular formula is C12H11NO4S. The van der Waals surface area contributed by atoms with Gasteiger partial charge in [0.05, 0.1) is 7.11 Å². The molecule has 1 aromatic rings. The van der Waals surface area contributed by atoms with Crippen molar-refractivity contribution in [3.8, 4) is 0 Å². The Morgan fingerprint density at radius 1 is 1.22 bits per heavy atom. The maximum atomic E-state index is 11.7. The number of ether oxygens (including phenoxy) is 1. The molecule has 94 valence electrons. The number of hydrogen-bond acceptors (Lipinski definition) is 5. The van der Waals surface area contributed by atoms with Crippen molar-refractivity contribution < 1.29 is 17.9 Å². The van der Waals surface area contributed by atoms with Crippen LogP contribution in [0.3, 0.4) is 0 Å². The third kappa shape index (κ3) is 2.02. The van der Waals surface area contributed by atoms with E-state index in [9.17, 15) is 13.2 Å². The predicted octanol–water partition coefficient (Wildman–Crippen LogP) is 1.09. The van der Waals surface area contributed by atoms with Gasteiger partial charge < -0.3 is 10.5 Å². The number of esters is 1. The molecule has 1 aliphatic heterocycles. The van der Waals surface area contributed by atoms with Crippen LogP contribution in [0.15, 0.2) is 40.7 Å². The van der Waals surface area contributed by atoms with Gasteiger partial charge in [-0.05, 0) is 23.8 Å². The Kier molecular flexibility index (Phi) is 2.96. The van der Waals surface area contributed by atoms with Crippen LogP contribution in [0.5, 0.6) is 0 Å². The summed E-state index contributed by atoms with van der Waals surface area (Å²) < 4.78 is 28.0. The molecule has 2 N–H and O–H groups in total. The van der Waals surface area contributed by atoms with Crippen molar-refractivity contribution in [1.82, 2.24) is 0 Å². The number of nitrogens with two attached hydrogens (primary N) is 1. The minimum absolute atomic E-state index is 0.321. The lowest BCUT2D eigenvalue weighted by molar-refractivity contribution is -0.135. The van der Waals surface area contributed by atoms with E-state index >= 15 is 0 Å². The zero-order valence-electron chi connectivity index (χ0n) is 9.58. The molecule has 6 heteroatoms. The second kappa shape index (κ2) is 4.30. The highest BCUT2D eigenvalue weighted by molar-refractivity contribution is 7.99. The Hall–Kier alpha value is -2.08. The number of nitrogen functional groups attached to an aromatic ring is 1. The number of rotatable bonds is 2. The van der Waals surface area contributed by atoms with E-state index < -0.39 is 15.8 Å². The van der Waals surface area contributed by atoms with Gasteiger partial charge in [-0.15, -0.1) is 0 Å². The summed E-state index contributed by atoms with van der Waals surface area (Å²) in [6, 6.07) is 6.57. The zero-order chi connectivity index (χ0) is 13.3. The van der Waals surface area contributed by atoms with E-state index in [0.29, 0.717) is 16.8 Å². The minimum atomic E-state index is -3.71. The summed E-state index contributed by atoms with van der Waals surface area (Å²) in [5.74, 6) is -0.869. The van der Waals surface area contributed by atoms with Crippen LogP contribution in [-0.4, -0.2) is 21.5 Å². The molecule has 0 aromatic heterocycles. The summed E-state index contributed by atoms with van der Waals surface area (Å²) in [4.78, 5) is 11.2. The summed E-state index contributed by atoms with van der Waals surface area (Å²) in [6.07, 6.45) is 1.38. The molecule has 0 saturated heterocycles. The van der Waals surface area contributed by atoms with E-state index in [1.165, 1.54) is 6.08 Å². The lowest BCUT2D eigenvalue weighted by atomic mass is 10.1. The van der Waals surface area contributed by atoms with Crippen LogP contribution in [0.1, 0.15) is 5.56 Å². The van der Waals surface area contributed by atoms with Crippen LogP contribution < -0.4 is 5.73 Å². The van der Waals surface area contributed by atoms with Crippen molar-refractivity contribution >= 4 is 27.1 Å². The molecule has 2 rings (SSSR count). The molecule has 1 heterocycles. The van der Waals surface area contributed by atoms with Gasteiger partial charge in [0.1, 0.15) is 0 Å². The smallest absolute Gasteiger partial charge is 0.350 e. The van der Waals surface area contributed by atoms with Crippen molar-refractivity contribution in [3.63, 3.8) is 0 Å². The lowest BCUT2D eigenvalue weighted by Gasteiger charge is -2.05. The Bertz CT molecular complexity index is 654. The molecule has 0 spiro atoms. The molecule has 0 atom stereocenters. The first-order valence-electron chi connectivity index (χ1n) is 5.07. The number of hydrogen-bond donors (Lipinski definition) is 1. The van der Waals surface area contributed by atoms with Gasteiger partial charge in [0, 0.05) is 16.7 Å². The van der Waals surface area contributed by atoms with Crippen LogP contribution >= 0.6 is 0 Å². The van der Waals surface area contributed by atoms with Crippen molar-refractivity contribution in [2.75, 3.05) is 12.8 Å². The third-order valence-corrected chi connectivity index (χ3v) is 3.99. The molecule has 0 aliphatic carbocycles. The van der Waals surface area contributed by atoms with Gasteiger partial charge in [0.25, 0.3) is 0 Å². The van der Waals surface area contributed by atoms with E-state index in [0.717, 1.165) is 12.5 Å². The van der Waals surface area contributed by atoms with E-state index in [4.69, 9.17) is 5.73 Å². The highest BCUT2D eigenvalue weighted by Crippen LogP contribution is 2.31. The number of carbonyl (C=O) groups excluding carboxylic acids is 1. The Labute approximate surface area is 104 Å². The molecule has 0 amide bonds. The van der Waals surface area contributed by atoms with Gasteiger partial charge >= 0.3 is 5.97 Å². The van der Waals surface area contributed by atoms with Crippen LogP contribution in [0, 0.1) is 0 Å². The van der Waals surface area contributed by atoms with E-state index in [2.05, 4.69) is 4.74 Å². The fourth-order valence-corrected chi connectivity index (χ4v) is 2.92. The number of sulfone groups is 1. The number of allylic oxidation sites excluding steroid dienone is 2. The summed E-state index contributed by atoms with van der Waals surface area (Å²) in [6.45, 7) is 0. The molecule has 5 nitrogen and oxygen atoms in total. The second-order valence-electron chi connectivity index (χ2n) is 3.70. The molecule has 0 radical (unpaired) electrons. The highest BCUT2D eigenvalue weighted by atomic mass is 32.2. The quantitative estimate of drug-likeness (QED) is 0.639. The van der Waals surface area contributed by atoms with Crippen molar-refractivity contribution in [2.24, 2.45) is 0 Å². The average Bonchev–Trinajstić information content (AvgIpc) is 2.65. The number of anilines is 1. The SMILES string of the molecule is COC(=O)C1=C(c2ccc(N)cc2)C=CS1(=O)=O. The van der Waals surface area contributed by atoms with E-state index in [1.807, 2.05) is 0 Å². The first kappa shape index (κ1) is 12.4. The molecule has 1 aliphatic rings. The van der Waals surface area contributed by atoms with E-state index in [1.54, 1.807) is 24.3 Å². The third-order valence-electron chi connectivity index (χ3n) is 2.54. The van der Waals surface area contributed by atoms with Gasteiger partial charge in [0.2, 0.25) is 9.84 Å². The van der Waals surface area contributed by atoms with Crippen LogP contribution in [0.25, 0.3) is 5.57 Å². The number of benzene rings is 1. The standard InChI is InChI=1S/C12H11NO4S/c1-17-12(14)11-10(6-7-18(11,15)16)8-2-4-9(13)5-3-8/h2-7H,13H2,1H3. The second-order valence-corrected chi connectivity index (χ2v) is 5.47. The summed E-state index contributed by atoms with van der Waals surface area (Å²) in [5.41, 5.74) is 7.03. The lowest BCUT2D eigenvalue weighted by Crippen LogP contribution is -2.12. The average molecular weight is 265 g/mol. The first-order valence-corrected chi connectivity index (χ1v) is 6.62. The fourth-order valence-electron chi connectivity index (χ4n) is 1.66. The molecule has 0 bridgehead atoms. The molecule has 0 unspecified atom stereocenters. The van der Waals surface area contributed by atoms with Crippen LogP contribution in [0.4, 0.5) is 5.69 Å². The first-order chi connectivity index (χ1) is 8.45. The largest absolute Gasteiger partial charge is 0.465 e. The van der Waals surface area contributed by atoms with Crippen molar-refractivity contribution in [2.45, 2.75) is 0 Å². The fraction of sp³-hybridized carbons (Fsp3) is 0.0833. The molecular weight excluding hydrogens is 254 g/mol. The number of carbonyl (C=O) groups is 1. The molecule has 1 aromatic carbocycles. The van der Waals surface area contributed by atoms with Gasteiger partial charge in [-0.2, -0.15) is 0 Å². The summed E-state index contributed by atoms with van der Waals surface area (Å²) in [7, 11) is -2.57. The van der Waals surface area contributed by atoms with Crippen molar-refractivity contribution in [3.05, 3.63) is 46.2 Å². The van der Waals surface area contributed by atoms with Gasteiger partial charge in [-0.3, -0.25) is 0 Å². The van der Waals surface area contributed by atoms with Crippen LogP contribution in [0.2, 0.25) is 0 Å². The zero-order valence-corrected chi connectivity index (χ0v) is 10.4. The Morgan fingerprint density at radius 2 is 1.83 bits per heavy atom. The van der Waals surface area contributed by atoms with Gasteiger partial charge in [-0.25, -0.2) is 13.2 Å². The minimum Gasteiger partial charge on any atom is -0.465 e. The monoisotopic (exact) mass is 265 g/mol. The van der Waals surface area contributed by atoms with Crippen LogP contribution in [-0.2, 0) is 19.4 Å².